The topological polar surface area (TPSA) is 62.6 Å². The van der Waals surface area contributed by atoms with E-state index in [0.717, 1.165) is 17.3 Å². The van der Waals surface area contributed by atoms with E-state index >= 15 is 0 Å². The second-order valence-electron chi connectivity index (χ2n) is 6.60. The Labute approximate surface area is 145 Å². The van der Waals surface area contributed by atoms with Crippen molar-refractivity contribution in [1.29, 1.82) is 5.26 Å². The molecule has 23 heavy (non-hydrogen) atoms. The van der Waals surface area contributed by atoms with Crippen molar-refractivity contribution in [3.8, 4) is 11.8 Å². The fourth-order valence-corrected chi connectivity index (χ4v) is 2.89. The minimum absolute atomic E-state index is 0.0999. The van der Waals surface area contributed by atoms with Crippen LogP contribution < -0.4 is 4.74 Å². The van der Waals surface area contributed by atoms with E-state index in [2.05, 4.69) is 22.0 Å². The first kappa shape index (κ1) is 17.6. The average Bonchev–Trinajstić information content (AvgIpc) is 2.45. The number of piperidine rings is 1. The van der Waals surface area contributed by atoms with Crippen LogP contribution in [0.25, 0.3) is 0 Å². The Balaban J connectivity index is 2.00. The van der Waals surface area contributed by atoms with Crippen LogP contribution in [0.4, 0.5) is 4.79 Å². The molecule has 5 nitrogen and oxygen atoms in total. The minimum Gasteiger partial charge on any atom is -0.488 e. The lowest BCUT2D eigenvalue weighted by Crippen LogP contribution is -2.46. The van der Waals surface area contributed by atoms with Gasteiger partial charge in [0.2, 0.25) is 0 Å². The summed E-state index contributed by atoms with van der Waals surface area (Å²) in [6.07, 6.45) is 1.33. The van der Waals surface area contributed by atoms with Crippen molar-refractivity contribution < 1.29 is 14.3 Å². The molecule has 0 radical (unpaired) electrons. The summed E-state index contributed by atoms with van der Waals surface area (Å²) in [5, 5.41) is 9.02. The van der Waals surface area contributed by atoms with E-state index in [-0.39, 0.29) is 12.2 Å². The first-order valence-electron chi connectivity index (χ1n) is 7.62. The lowest BCUT2D eigenvalue weighted by atomic mass is 10.1. The molecule has 1 heterocycles. The molecule has 1 amide bonds. The average molecular weight is 381 g/mol. The van der Waals surface area contributed by atoms with Crippen LogP contribution in [0.2, 0.25) is 0 Å². The standard InChI is InChI=1S/C17H21BrN2O3/c1-17(2,3)23-16(21)20-6-4-5-14(11-20)22-15-8-12(10-19)7-13(18)9-15/h7-9,14H,4-6,11H2,1-3H3. The maximum atomic E-state index is 12.2. The molecule has 0 spiro atoms. The zero-order valence-electron chi connectivity index (χ0n) is 13.6. The third-order valence-electron chi connectivity index (χ3n) is 3.33. The highest BCUT2D eigenvalue weighted by atomic mass is 79.9. The molecule has 1 aromatic carbocycles. The van der Waals surface area contributed by atoms with Gasteiger partial charge in [0.1, 0.15) is 17.5 Å². The maximum Gasteiger partial charge on any atom is 0.410 e. The highest BCUT2D eigenvalue weighted by Crippen LogP contribution is 2.25. The van der Waals surface area contributed by atoms with Crippen LogP contribution in [0.1, 0.15) is 39.2 Å². The van der Waals surface area contributed by atoms with Crippen LogP contribution in [0.5, 0.6) is 5.75 Å². The van der Waals surface area contributed by atoms with Crippen LogP contribution >= 0.6 is 15.9 Å². The number of ether oxygens (including phenoxy) is 2. The van der Waals surface area contributed by atoms with Crippen molar-refractivity contribution in [3.05, 3.63) is 28.2 Å². The molecule has 6 heteroatoms. The van der Waals surface area contributed by atoms with Crippen molar-refractivity contribution >= 4 is 22.0 Å². The van der Waals surface area contributed by atoms with E-state index < -0.39 is 5.60 Å². The number of hydrogen-bond donors (Lipinski definition) is 0. The Morgan fingerprint density at radius 2 is 2.13 bits per heavy atom. The summed E-state index contributed by atoms with van der Waals surface area (Å²) in [7, 11) is 0. The van der Waals surface area contributed by atoms with Crippen LogP contribution in [-0.4, -0.2) is 35.8 Å². The molecule has 0 aliphatic carbocycles. The number of hydrogen-bond acceptors (Lipinski definition) is 4. The third kappa shape index (κ3) is 5.43. The number of amides is 1. The van der Waals surface area contributed by atoms with Gasteiger partial charge in [0.05, 0.1) is 18.2 Å². The largest absolute Gasteiger partial charge is 0.488 e. The number of halogens is 1. The van der Waals surface area contributed by atoms with Crippen molar-refractivity contribution in [2.45, 2.75) is 45.3 Å². The van der Waals surface area contributed by atoms with Crippen LogP contribution in [0, 0.1) is 11.3 Å². The number of carbonyl (C=O) groups excluding carboxylic acids is 1. The first-order chi connectivity index (χ1) is 10.8. The number of likely N-dealkylation sites (tertiary alicyclic amines) is 1. The van der Waals surface area contributed by atoms with Crippen molar-refractivity contribution in [3.63, 3.8) is 0 Å². The monoisotopic (exact) mass is 380 g/mol. The van der Waals surface area contributed by atoms with Gasteiger partial charge < -0.3 is 14.4 Å². The maximum absolute atomic E-state index is 12.2. The molecule has 1 fully saturated rings. The van der Waals surface area contributed by atoms with Gasteiger partial charge in [0.15, 0.2) is 0 Å². The number of benzene rings is 1. The van der Waals surface area contributed by atoms with Gasteiger partial charge in [-0.2, -0.15) is 5.26 Å². The predicted molar refractivity (Wildman–Crippen MR) is 90.3 cm³/mol. The summed E-state index contributed by atoms with van der Waals surface area (Å²) in [6, 6.07) is 7.37. The quantitative estimate of drug-likeness (QED) is 0.774. The van der Waals surface area contributed by atoms with E-state index in [4.69, 9.17) is 14.7 Å². The predicted octanol–water partition coefficient (Wildman–Crippen LogP) is 4.10. The van der Waals surface area contributed by atoms with E-state index in [1.807, 2.05) is 26.8 Å². The second-order valence-corrected chi connectivity index (χ2v) is 7.51. The molecule has 0 saturated carbocycles. The normalized spacial score (nSPS) is 18.2. The number of rotatable bonds is 2. The van der Waals surface area contributed by atoms with Gasteiger partial charge >= 0.3 is 6.09 Å². The SMILES string of the molecule is CC(C)(C)OC(=O)N1CCCC(Oc2cc(Br)cc(C#N)c2)C1. The van der Waals surface area contributed by atoms with Gasteiger partial charge in [-0.05, 0) is 51.8 Å². The lowest BCUT2D eigenvalue weighted by Gasteiger charge is -2.34. The summed E-state index contributed by atoms with van der Waals surface area (Å²) in [5.74, 6) is 0.631. The molecular weight excluding hydrogens is 360 g/mol. The van der Waals surface area contributed by atoms with Crippen molar-refractivity contribution in [2.24, 2.45) is 0 Å². The number of carbonyl (C=O) groups is 1. The molecule has 0 bridgehead atoms. The molecule has 2 rings (SSSR count). The van der Waals surface area contributed by atoms with Gasteiger partial charge in [0, 0.05) is 11.0 Å². The van der Waals surface area contributed by atoms with Crippen LogP contribution in [0.3, 0.4) is 0 Å². The molecule has 1 aliphatic rings. The fourth-order valence-electron chi connectivity index (χ4n) is 2.41. The summed E-state index contributed by atoms with van der Waals surface area (Å²) in [5.41, 5.74) is 0.0332. The van der Waals surface area contributed by atoms with E-state index in [9.17, 15) is 4.79 Å². The Morgan fingerprint density at radius 3 is 2.78 bits per heavy atom. The van der Waals surface area contributed by atoms with Crippen molar-refractivity contribution in [2.75, 3.05) is 13.1 Å². The summed E-state index contributed by atoms with van der Waals surface area (Å²) < 4.78 is 12.2. The van der Waals surface area contributed by atoms with Crippen LogP contribution in [0.15, 0.2) is 22.7 Å². The molecular formula is C17H21BrN2O3. The third-order valence-corrected chi connectivity index (χ3v) is 3.79. The Kier molecular flexibility index (Phi) is 5.53. The van der Waals surface area contributed by atoms with E-state index in [1.165, 1.54) is 0 Å². The number of nitrogens with zero attached hydrogens (tertiary/aromatic N) is 2. The van der Waals surface area contributed by atoms with Gasteiger partial charge in [-0.3, -0.25) is 0 Å². The smallest absolute Gasteiger partial charge is 0.410 e. The molecule has 1 aromatic rings. The van der Waals surface area contributed by atoms with Gasteiger partial charge in [-0.1, -0.05) is 15.9 Å². The fraction of sp³-hybridized carbons (Fsp3) is 0.529. The molecule has 1 aliphatic heterocycles. The molecule has 1 atom stereocenters. The van der Waals surface area contributed by atoms with E-state index in [0.29, 0.717) is 24.4 Å². The van der Waals surface area contributed by atoms with Gasteiger partial charge in [-0.15, -0.1) is 0 Å². The molecule has 124 valence electrons. The van der Waals surface area contributed by atoms with Crippen LogP contribution in [-0.2, 0) is 4.74 Å². The van der Waals surface area contributed by atoms with E-state index in [1.54, 1.807) is 17.0 Å². The highest BCUT2D eigenvalue weighted by molar-refractivity contribution is 9.10. The molecule has 0 aromatic heterocycles. The summed E-state index contributed by atoms with van der Waals surface area (Å²) in [4.78, 5) is 13.8. The summed E-state index contributed by atoms with van der Waals surface area (Å²) in [6.45, 7) is 6.73. The Hall–Kier alpha value is -1.74. The Bertz CT molecular complexity index is 619. The number of nitriles is 1. The minimum atomic E-state index is -0.503. The zero-order chi connectivity index (χ0) is 17.0. The molecule has 1 saturated heterocycles. The van der Waals surface area contributed by atoms with Gasteiger partial charge in [0.25, 0.3) is 0 Å². The zero-order valence-corrected chi connectivity index (χ0v) is 15.2. The molecule has 1 unspecified atom stereocenters. The first-order valence-corrected chi connectivity index (χ1v) is 8.41. The highest BCUT2D eigenvalue weighted by Gasteiger charge is 2.28. The Morgan fingerprint density at radius 1 is 1.39 bits per heavy atom. The van der Waals surface area contributed by atoms with Crippen molar-refractivity contribution in [1.82, 2.24) is 4.90 Å². The van der Waals surface area contributed by atoms with Gasteiger partial charge in [-0.25, -0.2) is 4.79 Å². The second kappa shape index (κ2) is 7.22. The lowest BCUT2D eigenvalue weighted by molar-refractivity contribution is 0.00775. The summed E-state index contributed by atoms with van der Waals surface area (Å²) >= 11 is 3.37. The molecule has 0 N–H and O–H groups in total.